The highest BCUT2D eigenvalue weighted by molar-refractivity contribution is 5.98. The van der Waals surface area contributed by atoms with Gasteiger partial charge in [0.1, 0.15) is 0 Å². The molecule has 0 bridgehead atoms. The smallest absolute Gasteiger partial charge is 0.248 e. The summed E-state index contributed by atoms with van der Waals surface area (Å²) in [6, 6.07) is 4.58. The van der Waals surface area contributed by atoms with E-state index in [1.807, 2.05) is 0 Å². The third kappa shape index (κ3) is 2.10. The first kappa shape index (κ1) is 10.2. The van der Waals surface area contributed by atoms with E-state index in [1.54, 1.807) is 12.1 Å². The Balaban J connectivity index is 3.27. The first-order chi connectivity index (χ1) is 6.54. The van der Waals surface area contributed by atoms with Gasteiger partial charge in [0, 0.05) is 11.1 Å². The average Bonchev–Trinajstić information content (AvgIpc) is 2.16. The molecule has 0 saturated carbocycles. The van der Waals surface area contributed by atoms with Gasteiger partial charge in [-0.3, -0.25) is 9.59 Å². The molecule has 0 fully saturated rings. The van der Waals surface area contributed by atoms with Gasteiger partial charge in [0.15, 0.2) is 0 Å². The van der Waals surface area contributed by atoms with Crippen LogP contribution in [0.2, 0.25) is 0 Å². The van der Waals surface area contributed by atoms with Gasteiger partial charge in [0.05, 0.1) is 0 Å². The number of benzene rings is 1. The van der Waals surface area contributed by atoms with Crippen LogP contribution >= 0.6 is 0 Å². The molecule has 0 spiro atoms. The number of carbonyl (C=O) groups excluding carboxylic acids is 2. The van der Waals surface area contributed by atoms with Gasteiger partial charge in [-0.2, -0.15) is 0 Å². The first-order valence-electron chi connectivity index (χ1n) is 4.07. The van der Waals surface area contributed by atoms with Crippen molar-refractivity contribution in [2.24, 2.45) is 11.5 Å². The molecule has 0 unspecified atom stereocenters. The first-order valence-corrected chi connectivity index (χ1v) is 4.07. The Bertz CT molecular complexity index is 353. The summed E-state index contributed by atoms with van der Waals surface area (Å²) in [7, 11) is 0. The molecule has 0 aromatic heterocycles. The predicted molar refractivity (Wildman–Crippen MR) is 52.5 cm³/mol. The third-order valence-electron chi connectivity index (χ3n) is 1.85. The van der Waals surface area contributed by atoms with Gasteiger partial charge in [-0.25, -0.2) is 0 Å². The Hall–Kier alpha value is -1.84. The molecular formula is C10H11N2O2. The quantitative estimate of drug-likeness (QED) is 0.718. The van der Waals surface area contributed by atoms with Crippen molar-refractivity contribution in [3.05, 3.63) is 41.8 Å². The summed E-state index contributed by atoms with van der Waals surface area (Å²) in [5, 5.41) is 0. The topological polar surface area (TPSA) is 86.2 Å². The van der Waals surface area contributed by atoms with Gasteiger partial charge in [-0.05, 0) is 37.1 Å². The zero-order valence-corrected chi connectivity index (χ0v) is 7.62. The van der Waals surface area contributed by atoms with E-state index in [2.05, 4.69) is 6.92 Å². The number of rotatable bonds is 3. The molecule has 1 aromatic rings. The summed E-state index contributed by atoms with van der Waals surface area (Å²) in [6.45, 7) is 3.65. The summed E-state index contributed by atoms with van der Waals surface area (Å²) in [5.74, 6) is -1.16. The minimum Gasteiger partial charge on any atom is -0.366 e. The number of carbonyl (C=O) groups is 2. The molecule has 2 amide bonds. The molecule has 0 heterocycles. The zero-order valence-electron chi connectivity index (χ0n) is 7.62. The summed E-state index contributed by atoms with van der Waals surface area (Å²) >= 11 is 0. The number of nitrogens with two attached hydrogens (primary N) is 2. The van der Waals surface area contributed by atoms with Crippen molar-refractivity contribution < 1.29 is 9.59 Å². The molecule has 0 aliphatic heterocycles. The van der Waals surface area contributed by atoms with E-state index in [9.17, 15) is 9.59 Å². The summed E-state index contributed by atoms with van der Waals surface area (Å²) in [5.41, 5.74) is 11.5. The van der Waals surface area contributed by atoms with Gasteiger partial charge in [0.2, 0.25) is 11.8 Å². The van der Waals surface area contributed by atoms with Crippen LogP contribution in [-0.2, 0) is 6.42 Å². The van der Waals surface area contributed by atoms with Crippen LogP contribution in [0, 0.1) is 6.92 Å². The lowest BCUT2D eigenvalue weighted by atomic mass is 10.0. The van der Waals surface area contributed by atoms with E-state index >= 15 is 0 Å². The fraction of sp³-hybridized carbons (Fsp3) is 0.100. The van der Waals surface area contributed by atoms with Crippen LogP contribution in [0.1, 0.15) is 26.3 Å². The van der Waals surface area contributed by atoms with Crippen molar-refractivity contribution in [3.63, 3.8) is 0 Å². The maximum atomic E-state index is 10.9. The number of primary amides is 2. The molecule has 4 heteroatoms. The van der Waals surface area contributed by atoms with Crippen LogP contribution in [0.4, 0.5) is 0 Å². The lowest BCUT2D eigenvalue weighted by molar-refractivity contribution is 0.0999. The zero-order chi connectivity index (χ0) is 10.7. The van der Waals surface area contributed by atoms with E-state index in [0.29, 0.717) is 6.42 Å². The number of amides is 2. The Morgan fingerprint density at radius 2 is 1.50 bits per heavy atom. The van der Waals surface area contributed by atoms with E-state index in [-0.39, 0.29) is 11.1 Å². The average molecular weight is 191 g/mol. The SMILES string of the molecule is [CH2]Cc1cc(C(N)=O)cc(C(N)=O)c1. The highest BCUT2D eigenvalue weighted by Gasteiger charge is 2.07. The lowest BCUT2D eigenvalue weighted by Gasteiger charge is -2.03. The Kier molecular flexibility index (Phi) is 2.86. The van der Waals surface area contributed by atoms with Crippen molar-refractivity contribution in [1.82, 2.24) is 0 Å². The third-order valence-corrected chi connectivity index (χ3v) is 1.85. The van der Waals surface area contributed by atoms with E-state index < -0.39 is 11.8 Å². The molecule has 1 aromatic carbocycles. The number of hydrogen-bond acceptors (Lipinski definition) is 2. The Morgan fingerprint density at radius 1 is 1.07 bits per heavy atom. The molecule has 4 nitrogen and oxygen atoms in total. The van der Waals surface area contributed by atoms with Crippen molar-refractivity contribution >= 4 is 11.8 Å². The molecule has 0 saturated heterocycles. The van der Waals surface area contributed by atoms with Crippen LogP contribution in [0.3, 0.4) is 0 Å². The molecule has 14 heavy (non-hydrogen) atoms. The van der Waals surface area contributed by atoms with E-state index in [1.165, 1.54) is 6.07 Å². The van der Waals surface area contributed by atoms with Crippen LogP contribution in [0.5, 0.6) is 0 Å². The van der Waals surface area contributed by atoms with Gasteiger partial charge < -0.3 is 11.5 Å². The van der Waals surface area contributed by atoms with Crippen molar-refractivity contribution in [2.75, 3.05) is 0 Å². The van der Waals surface area contributed by atoms with Crippen LogP contribution in [0.15, 0.2) is 18.2 Å². The van der Waals surface area contributed by atoms with Crippen LogP contribution in [0.25, 0.3) is 0 Å². The number of hydrogen-bond donors (Lipinski definition) is 2. The normalized spacial score (nSPS) is 9.79. The van der Waals surface area contributed by atoms with Crippen LogP contribution in [-0.4, -0.2) is 11.8 Å². The monoisotopic (exact) mass is 191 g/mol. The fourth-order valence-corrected chi connectivity index (χ4v) is 1.12. The van der Waals surface area contributed by atoms with Gasteiger partial charge in [-0.1, -0.05) is 0 Å². The second-order valence-corrected chi connectivity index (χ2v) is 2.90. The predicted octanol–water partition coefficient (Wildman–Crippen LogP) is 0.261. The van der Waals surface area contributed by atoms with Gasteiger partial charge >= 0.3 is 0 Å². The van der Waals surface area contributed by atoms with Crippen molar-refractivity contribution in [2.45, 2.75) is 6.42 Å². The molecule has 0 aliphatic carbocycles. The standard InChI is InChI=1S/C10H11N2O2/c1-2-6-3-7(9(11)13)5-8(4-6)10(12)14/h3-5H,1-2H2,(H2,11,13)(H2,12,14). The van der Waals surface area contributed by atoms with Gasteiger partial charge in [0.25, 0.3) is 0 Å². The Morgan fingerprint density at radius 3 is 1.79 bits per heavy atom. The maximum Gasteiger partial charge on any atom is 0.248 e. The summed E-state index contributed by atoms with van der Waals surface area (Å²) in [4.78, 5) is 21.8. The van der Waals surface area contributed by atoms with Crippen molar-refractivity contribution in [3.8, 4) is 0 Å². The molecule has 73 valence electrons. The minimum atomic E-state index is -0.581. The second-order valence-electron chi connectivity index (χ2n) is 2.90. The highest BCUT2D eigenvalue weighted by Crippen LogP contribution is 2.10. The van der Waals surface area contributed by atoms with E-state index in [4.69, 9.17) is 11.5 Å². The molecule has 1 radical (unpaired) electrons. The molecule has 0 aliphatic rings. The van der Waals surface area contributed by atoms with Gasteiger partial charge in [-0.15, -0.1) is 0 Å². The van der Waals surface area contributed by atoms with E-state index in [0.717, 1.165) is 5.56 Å². The van der Waals surface area contributed by atoms with Crippen molar-refractivity contribution in [1.29, 1.82) is 0 Å². The summed E-state index contributed by atoms with van der Waals surface area (Å²) in [6.07, 6.45) is 0.474. The molecule has 4 N–H and O–H groups in total. The lowest BCUT2D eigenvalue weighted by Crippen LogP contribution is -2.16. The Labute approximate surface area is 81.9 Å². The summed E-state index contributed by atoms with van der Waals surface area (Å²) < 4.78 is 0. The second kappa shape index (κ2) is 3.91. The highest BCUT2D eigenvalue weighted by atomic mass is 16.1. The molecule has 0 atom stereocenters. The largest absolute Gasteiger partial charge is 0.366 e. The fourth-order valence-electron chi connectivity index (χ4n) is 1.12. The van der Waals surface area contributed by atoms with Crippen LogP contribution < -0.4 is 11.5 Å². The minimum absolute atomic E-state index is 0.278. The molecular weight excluding hydrogens is 180 g/mol. The molecule has 1 rings (SSSR count). The maximum absolute atomic E-state index is 10.9.